The Balaban J connectivity index is 1.48. The van der Waals surface area contributed by atoms with E-state index in [0.29, 0.717) is 18.6 Å². The summed E-state index contributed by atoms with van der Waals surface area (Å²) in [5.41, 5.74) is 2.27. The Bertz CT molecular complexity index is 969. The highest BCUT2D eigenvalue weighted by Gasteiger charge is 2.28. The molecule has 2 aliphatic rings. The molecule has 3 aromatic rings. The Kier molecular flexibility index (Phi) is 3.71. The van der Waals surface area contributed by atoms with E-state index in [0.717, 1.165) is 48.4 Å². The summed E-state index contributed by atoms with van der Waals surface area (Å²) in [4.78, 5) is 2.46. The fourth-order valence-corrected chi connectivity index (χ4v) is 4.21. The Morgan fingerprint density at radius 1 is 1.00 bits per heavy atom. The minimum absolute atomic E-state index is 0.303. The first-order valence-corrected chi connectivity index (χ1v) is 9.13. The third kappa shape index (κ3) is 2.58. The molecule has 1 fully saturated rings. The molecule has 4 heteroatoms. The molecule has 1 unspecified atom stereocenters. The van der Waals surface area contributed by atoms with Crippen LogP contribution in [0.1, 0.15) is 30.0 Å². The van der Waals surface area contributed by atoms with Crippen molar-refractivity contribution in [2.75, 3.05) is 13.3 Å². The zero-order chi connectivity index (χ0) is 17.5. The highest BCUT2D eigenvalue weighted by Crippen LogP contribution is 2.40. The number of hydrogen-bond donors (Lipinski definition) is 1. The zero-order valence-electron chi connectivity index (χ0n) is 14.5. The number of nitrogens with zero attached hydrogens (tertiary/aromatic N) is 1. The predicted molar refractivity (Wildman–Crippen MR) is 101 cm³/mol. The molecule has 2 aliphatic heterocycles. The minimum atomic E-state index is 0.303. The summed E-state index contributed by atoms with van der Waals surface area (Å²) in [5, 5.41) is 12.8. The molecule has 0 aromatic heterocycles. The average Bonchev–Trinajstić information content (AvgIpc) is 3.32. The number of benzene rings is 3. The van der Waals surface area contributed by atoms with Gasteiger partial charge in [-0.1, -0.05) is 36.4 Å². The number of rotatable bonds is 3. The number of fused-ring (bicyclic) bond motifs is 2. The van der Waals surface area contributed by atoms with Gasteiger partial charge in [0, 0.05) is 18.2 Å². The van der Waals surface area contributed by atoms with Gasteiger partial charge in [0.1, 0.15) is 5.75 Å². The lowest BCUT2D eigenvalue weighted by Crippen LogP contribution is -2.23. The fraction of sp³-hybridized carbons (Fsp3) is 0.273. The van der Waals surface area contributed by atoms with Crippen LogP contribution in [0, 0.1) is 0 Å². The third-order valence-electron chi connectivity index (χ3n) is 5.52. The van der Waals surface area contributed by atoms with Crippen molar-refractivity contribution < 1.29 is 14.6 Å². The second-order valence-corrected chi connectivity index (χ2v) is 7.03. The molecule has 0 aliphatic carbocycles. The van der Waals surface area contributed by atoms with E-state index in [9.17, 15) is 5.11 Å². The van der Waals surface area contributed by atoms with Crippen LogP contribution in [0.3, 0.4) is 0 Å². The number of likely N-dealkylation sites (tertiary alicyclic amines) is 1. The van der Waals surface area contributed by atoms with Crippen LogP contribution in [-0.2, 0) is 6.54 Å². The smallest absolute Gasteiger partial charge is 0.231 e. The Morgan fingerprint density at radius 2 is 1.88 bits per heavy atom. The van der Waals surface area contributed by atoms with Gasteiger partial charge in [0.15, 0.2) is 11.5 Å². The number of aromatic hydroxyl groups is 1. The van der Waals surface area contributed by atoms with Crippen LogP contribution < -0.4 is 9.47 Å². The maximum atomic E-state index is 10.5. The minimum Gasteiger partial charge on any atom is -0.508 e. The molecule has 3 aromatic carbocycles. The van der Waals surface area contributed by atoms with Gasteiger partial charge in [0.05, 0.1) is 0 Å². The largest absolute Gasteiger partial charge is 0.508 e. The molecule has 0 amide bonds. The number of phenolic OH excluding ortho intramolecular Hbond substituents is 1. The lowest BCUT2D eigenvalue weighted by molar-refractivity contribution is 0.173. The van der Waals surface area contributed by atoms with Gasteiger partial charge in [-0.05, 0) is 53.9 Å². The van der Waals surface area contributed by atoms with Gasteiger partial charge in [0.2, 0.25) is 6.79 Å². The van der Waals surface area contributed by atoms with Crippen LogP contribution in [0.4, 0.5) is 0 Å². The summed E-state index contributed by atoms with van der Waals surface area (Å²) in [6, 6.07) is 18.6. The molecule has 132 valence electrons. The normalized spacial score (nSPS) is 19.3. The molecular weight excluding hydrogens is 326 g/mol. The SMILES string of the molecule is Oc1ccc2ccccc2c1CN1CCCC1c1ccc2c(c1)OCO2. The molecule has 1 N–H and O–H groups in total. The van der Waals surface area contributed by atoms with Crippen LogP contribution in [0.25, 0.3) is 10.8 Å². The first-order chi connectivity index (χ1) is 12.8. The molecule has 26 heavy (non-hydrogen) atoms. The molecule has 0 saturated carbocycles. The van der Waals surface area contributed by atoms with Crippen molar-refractivity contribution >= 4 is 10.8 Å². The van der Waals surface area contributed by atoms with Gasteiger partial charge < -0.3 is 14.6 Å². The van der Waals surface area contributed by atoms with Crippen molar-refractivity contribution in [2.24, 2.45) is 0 Å². The van der Waals surface area contributed by atoms with Crippen molar-refractivity contribution in [3.8, 4) is 17.2 Å². The maximum absolute atomic E-state index is 10.5. The van der Waals surface area contributed by atoms with Crippen molar-refractivity contribution in [2.45, 2.75) is 25.4 Å². The molecule has 0 bridgehead atoms. The van der Waals surface area contributed by atoms with Gasteiger partial charge in [-0.15, -0.1) is 0 Å². The second kappa shape index (κ2) is 6.22. The molecule has 2 heterocycles. The molecule has 4 nitrogen and oxygen atoms in total. The highest BCUT2D eigenvalue weighted by molar-refractivity contribution is 5.87. The Labute approximate surface area is 152 Å². The van der Waals surface area contributed by atoms with Gasteiger partial charge in [0.25, 0.3) is 0 Å². The van der Waals surface area contributed by atoms with E-state index in [4.69, 9.17) is 9.47 Å². The Hall–Kier alpha value is -2.72. The van der Waals surface area contributed by atoms with E-state index in [-0.39, 0.29) is 0 Å². The van der Waals surface area contributed by atoms with E-state index in [1.165, 1.54) is 10.9 Å². The van der Waals surface area contributed by atoms with Crippen LogP contribution >= 0.6 is 0 Å². The highest BCUT2D eigenvalue weighted by atomic mass is 16.7. The lowest BCUT2D eigenvalue weighted by atomic mass is 10.0. The van der Waals surface area contributed by atoms with Crippen LogP contribution in [-0.4, -0.2) is 23.3 Å². The monoisotopic (exact) mass is 347 g/mol. The molecule has 1 atom stereocenters. The molecule has 0 spiro atoms. The number of hydrogen-bond acceptors (Lipinski definition) is 4. The maximum Gasteiger partial charge on any atom is 0.231 e. The topological polar surface area (TPSA) is 41.9 Å². The molecule has 5 rings (SSSR count). The van der Waals surface area contributed by atoms with Crippen LogP contribution in [0.15, 0.2) is 54.6 Å². The van der Waals surface area contributed by atoms with Gasteiger partial charge in [-0.25, -0.2) is 0 Å². The molecule has 1 saturated heterocycles. The fourth-order valence-electron chi connectivity index (χ4n) is 4.21. The average molecular weight is 347 g/mol. The van der Waals surface area contributed by atoms with E-state index >= 15 is 0 Å². The van der Waals surface area contributed by atoms with Crippen molar-refractivity contribution in [3.63, 3.8) is 0 Å². The zero-order valence-corrected chi connectivity index (χ0v) is 14.5. The summed E-state index contributed by atoms with van der Waals surface area (Å²) in [7, 11) is 0. The van der Waals surface area contributed by atoms with Gasteiger partial charge in [-0.2, -0.15) is 0 Å². The van der Waals surface area contributed by atoms with Gasteiger partial charge in [-0.3, -0.25) is 4.90 Å². The summed E-state index contributed by atoms with van der Waals surface area (Å²) in [5.74, 6) is 2.03. The standard InChI is InChI=1S/C22H21NO3/c24-20-9-7-15-4-1-2-5-17(15)18(20)13-23-11-3-6-19(23)16-8-10-21-22(12-16)26-14-25-21/h1-2,4-5,7-10,12,19,24H,3,6,11,13-14H2. The summed E-state index contributed by atoms with van der Waals surface area (Å²) in [6.07, 6.45) is 2.27. The molecule has 0 radical (unpaired) electrons. The van der Waals surface area contributed by atoms with Crippen molar-refractivity contribution in [1.82, 2.24) is 4.90 Å². The summed E-state index contributed by atoms with van der Waals surface area (Å²) in [6.45, 7) is 2.07. The second-order valence-electron chi connectivity index (χ2n) is 7.03. The van der Waals surface area contributed by atoms with Gasteiger partial charge >= 0.3 is 0 Å². The van der Waals surface area contributed by atoms with Crippen molar-refractivity contribution in [1.29, 1.82) is 0 Å². The number of phenols is 1. The summed E-state index contributed by atoms with van der Waals surface area (Å²) < 4.78 is 11.0. The first kappa shape index (κ1) is 15.5. The van der Waals surface area contributed by atoms with E-state index in [1.54, 1.807) is 0 Å². The predicted octanol–water partition coefficient (Wildman–Crippen LogP) is 4.61. The summed E-state index contributed by atoms with van der Waals surface area (Å²) >= 11 is 0. The van der Waals surface area contributed by atoms with Crippen molar-refractivity contribution in [3.05, 3.63) is 65.7 Å². The Morgan fingerprint density at radius 3 is 2.85 bits per heavy atom. The quantitative estimate of drug-likeness (QED) is 0.751. The third-order valence-corrected chi connectivity index (χ3v) is 5.52. The first-order valence-electron chi connectivity index (χ1n) is 9.13. The van der Waals surface area contributed by atoms with E-state index in [2.05, 4.69) is 29.2 Å². The van der Waals surface area contributed by atoms with E-state index in [1.807, 2.05) is 30.3 Å². The van der Waals surface area contributed by atoms with Crippen LogP contribution in [0.2, 0.25) is 0 Å². The number of ether oxygens (including phenoxy) is 2. The van der Waals surface area contributed by atoms with Crippen LogP contribution in [0.5, 0.6) is 17.2 Å². The van der Waals surface area contributed by atoms with E-state index < -0.39 is 0 Å². The lowest BCUT2D eigenvalue weighted by Gasteiger charge is -2.26. The molecular formula is C22H21NO3.